The third kappa shape index (κ3) is 4.73. The van der Waals surface area contributed by atoms with E-state index in [1.165, 1.54) is 25.7 Å². The highest BCUT2D eigenvalue weighted by molar-refractivity contribution is 4.67. The van der Waals surface area contributed by atoms with Crippen molar-refractivity contribution in [1.82, 2.24) is 4.90 Å². The molecule has 0 aromatic rings. The van der Waals surface area contributed by atoms with E-state index in [1.807, 2.05) is 0 Å². The molecular weight excluding hydrogens is 148 g/mol. The monoisotopic (exact) mass is 172 g/mol. The summed E-state index contributed by atoms with van der Waals surface area (Å²) in [4.78, 5) is 2.40. The quantitative estimate of drug-likeness (QED) is 0.635. The zero-order valence-corrected chi connectivity index (χ0v) is 8.84. The molecule has 0 aliphatic carbocycles. The smallest absolute Gasteiger partial charge is 0.0104 e. The molecule has 0 amide bonds. The predicted molar refractivity (Wildman–Crippen MR) is 55.3 cm³/mol. The van der Waals surface area contributed by atoms with Crippen molar-refractivity contribution in [3.8, 4) is 0 Å². The lowest BCUT2D eigenvalue weighted by Crippen LogP contribution is -2.35. The lowest BCUT2D eigenvalue weighted by Gasteiger charge is -2.27. The second-order valence-corrected chi connectivity index (χ2v) is 3.50. The fourth-order valence-corrected chi connectivity index (χ4v) is 1.64. The van der Waals surface area contributed by atoms with Crippen LogP contribution in [0, 0.1) is 0 Å². The molecule has 0 saturated carbocycles. The molecular formula is C10H24N2. The Morgan fingerprint density at radius 3 is 2.00 bits per heavy atom. The Bertz CT molecular complexity index is 87.8. The van der Waals surface area contributed by atoms with E-state index < -0.39 is 0 Å². The van der Waals surface area contributed by atoms with E-state index in [9.17, 15) is 0 Å². The van der Waals surface area contributed by atoms with Crippen LogP contribution in [0.3, 0.4) is 0 Å². The maximum atomic E-state index is 5.52. The van der Waals surface area contributed by atoms with E-state index in [0.29, 0.717) is 0 Å². The molecule has 0 saturated heterocycles. The second kappa shape index (κ2) is 7.56. The Balaban J connectivity index is 3.72. The SMILES string of the molecule is CCCC(CCC)N(C)CCN. The Hall–Kier alpha value is -0.0800. The van der Waals surface area contributed by atoms with Crippen molar-refractivity contribution in [2.24, 2.45) is 5.73 Å². The Morgan fingerprint density at radius 1 is 1.17 bits per heavy atom. The van der Waals surface area contributed by atoms with Crippen molar-refractivity contribution >= 4 is 0 Å². The molecule has 0 aliphatic heterocycles. The number of hydrogen-bond donors (Lipinski definition) is 1. The highest BCUT2D eigenvalue weighted by atomic mass is 15.1. The van der Waals surface area contributed by atoms with Gasteiger partial charge in [-0.3, -0.25) is 0 Å². The van der Waals surface area contributed by atoms with Crippen LogP contribution in [-0.2, 0) is 0 Å². The first-order valence-electron chi connectivity index (χ1n) is 5.16. The molecule has 0 bridgehead atoms. The van der Waals surface area contributed by atoms with Crippen LogP contribution < -0.4 is 5.73 Å². The van der Waals surface area contributed by atoms with Crippen LogP contribution in [0.25, 0.3) is 0 Å². The summed E-state index contributed by atoms with van der Waals surface area (Å²) >= 11 is 0. The van der Waals surface area contributed by atoms with Crippen molar-refractivity contribution in [3.63, 3.8) is 0 Å². The number of nitrogens with two attached hydrogens (primary N) is 1. The molecule has 0 spiro atoms. The second-order valence-electron chi connectivity index (χ2n) is 3.50. The van der Waals surface area contributed by atoms with Gasteiger partial charge in [0.05, 0.1) is 0 Å². The fourth-order valence-electron chi connectivity index (χ4n) is 1.64. The van der Waals surface area contributed by atoms with E-state index >= 15 is 0 Å². The van der Waals surface area contributed by atoms with Crippen LogP contribution in [0.15, 0.2) is 0 Å². The van der Waals surface area contributed by atoms with E-state index in [-0.39, 0.29) is 0 Å². The molecule has 0 aromatic heterocycles. The summed E-state index contributed by atoms with van der Waals surface area (Å²) in [5.74, 6) is 0. The van der Waals surface area contributed by atoms with Gasteiger partial charge in [-0.1, -0.05) is 26.7 Å². The number of likely N-dealkylation sites (N-methyl/N-ethyl adjacent to an activating group) is 1. The van der Waals surface area contributed by atoms with Gasteiger partial charge in [-0.15, -0.1) is 0 Å². The minimum atomic E-state index is 0.753. The number of hydrogen-bond acceptors (Lipinski definition) is 2. The van der Waals surface area contributed by atoms with E-state index in [0.717, 1.165) is 19.1 Å². The van der Waals surface area contributed by atoms with Gasteiger partial charge in [-0.25, -0.2) is 0 Å². The lowest BCUT2D eigenvalue weighted by molar-refractivity contribution is 0.221. The number of nitrogens with zero attached hydrogens (tertiary/aromatic N) is 1. The fraction of sp³-hybridized carbons (Fsp3) is 1.00. The maximum Gasteiger partial charge on any atom is 0.0104 e. The average molecular weight is 172 g/mol. The van der Waals surface area contributed by atoms with Crippen molar-refractivity contribution in [3.05, 3.63) is 0 Å². The van der Waals surface area contributed by atoms with Gasteiger partial charge in [0, 0.05) is 19.1 Å². The van der Waals surface area contributed by atoms with Gasteiger partial charge in [0.15, 0.2) is 0 Å². The standard InChI is InChI=1S/C10H24N2/c1-4-6-10(7-5-2)12(3)9-8-11/h10H,4-9,11H2,1-3H3. The molecule has 0 radical (unpaired) electrons. The van der Waals surface area contributed by atoms with Gasteiger partial charge in [-0.05, 0) is 19.9 Å². The van der Waals surface area contributed by atoms with Gasteiger partial charge in [0.1, 0.15) is 0 Å². The van der Waals surface area contributed by atoms with Crippen LogP contribution in [0.5, 0.6) is 0 Å². The zero-order valence-electron chi connectivity index (χ0n) is 8.84. The third-order valence-corrected chi connectivity index (χ3v) is 2.35. The first-order valence-corrected chi connectivity index (χ1v) is 5.16. The molecule has 0 aromatic carbocycles. The largest absolute Gasteiger partial charge is 0.329 e. The molecule has 0 aliphatic rings. The van der Waals surface area contributed by atoms with Gasteiger partial charge < -0.3 is 10.6 Å². The van der Waals surface area contributed by atoms with E-state index in [1.54, 1.807) is 0 Å². The Labute approximate surface area is 77.1 Å². The molecule has 0 atom stereocenters. The minimum absolute atomic E-state index is 0.753. The van der Waals surface area contributed by atoms with Crippen molar-refractivity contribution in [2.45, 2.75) is 45.6 Å². The van der Waals surface area contributed by atoms with Gasteiger partial charge in [-0.2, -0.15) is 0 Å². The molecule has 0 rings (SSSR count). The molecule has 2 nitrogen and oxygen atoms in total. The Morgan fingerprint density at radius 2 is 1.67 bits per heavy atom. The summed E-state index contributed by atoms with van der Waals surface area (Å²) in [7, 11) is 2.18. The van der Waals surface area contributed by atoms with Gasteiger partial charge >= 0.3 is 0 Å². The van der Waals surface area contributed by atoms with Gasteiger partial charge in [0.25, 0.3) is 0 Å². The first kappa shape index (κ1) is 11.9. The summed E-state index contributed by atoms with van der Waals surface area (Å²) in [6, 6.07) is 0.753. The van der Waals surface area contributed by atoms with E-state index in [2.05, 4.69) is 25.8 Å². The summed E-state index contributed by atoms with van der Waals surface area (Å²) in [5, 5.41) is 0. The van der Waals surface area contributed by atoms with Crippen LogP contribution in [0.1, 0.15) is 39.5 Å². The van der Waals surface area contributed by atoms with Crippen LogP contribution in [-0.4, -0.2) is 31.1 Å². The zero-order chi connectivity index (χ0) is 9.40. The summed E-state index contributed by atoms with van der Waals surface area (Å²) in [6.07, 6.45) is 5.17. The number of rotatable bonds is 7. The average Bonchev–Trinajstić information content (AvgIpc) is 2.04. The minimum Gasteiger partial charge on any atom is -0.329 e. The molecule has 2 N–H and O–H groups in total. The van der Waals surface area contributed by atoms with Crippen molar-refractivity contribution < 1.29 is 0 Å². The van der Waals surface area contributed by atoms with Crippen LogP contribution in [0.4, 0.5) is 0 Å². The lowest BCUT2D eigenvalue weighted by atomic mass is 10.1. The molecule has 12 heavy (non-hydrogen) atoms. The highest BCUT2D eigenvalue weighted by Gasteiger charge is 2.10. The molecule has 0 fully saturated rings. The maximum absolute atomic E-state index is 5.52. The molecule has 0 heterocycles. The normalized spacial score (nSPS) is 11.5. The van der Waals surface area contributed by atoms with Crippen LogP contribution in [0.2, 0.25) is 0 Å². The summed E-state index contributed by atoms with van der Waals surface area (Å²) in [5.41, 5.74) is 5.52. The Kier molecular flexibility index (Phi) is 7.51. The highest BCUT2D eigenvalue weighted by Crippen LogP contribution is 2.10. The summed E-state index contributed by atoms with van der Waals surface area (Å²) in [6.45, 7) is 6.31. The molecule has 0 unspecified atom stereocenters. The van der Waals surface area contributed by atoms with Gasteiger partial charge in [0.2, 0.25) is 0 Å². The summed E-state index contributed by atoms with van der Waals surface area (Å²) < 4.78 is 0. The predicted octanol–water partition coefficient (Wildman–Crippen LogP) is 1.85. The first-order chi connectivity index (χ1) is 5.76. The molecule has 2 heteroatoms. The van der Waals surface area contributed by atoms with Crippen molar-refractivity contribution in [1.29, 1.82) is 0 Å². The third-order valence-electron chi connectivity index (χ3n) is 2.35. The van der Waals surface area contributed by atoms with Crippen molar-refractivity contribution in [2.75, 3.05) is 20.1 Å². The van der Waals surface area contributed by atoms with E-state index in [4.69, 9.17) is 5.73 Å². The van der Waals surface area contributed by atoms with Crippen LogP contribution >= 0.6 is 0 Å². The molecule has 74 valence electrons. The topological polar surface area (TPSA) is 29.3 Å².